The van der Waals surface area contributed by atoms with E-state index in [0.29, 0.717) is 13.0 Å². The molecule has 0 spiro atoms. The quantitative estimate of drug-likeness (QED) is 0.806. The number of morpholine rings is 1. The number of carbonyl (C=O) groups excluding carboxylic acids is 2. The number of anilines is 1. The second-order valence-electron chi connectivity index (χ2n) is 6.02. The van der Waals surface area contributed by atoms with E-state index in [0.717, 1.165) is 38.3 Å². The maximum Gasteiger partial charge on any atom is 0.244 e. The number of nitrogens with zero attached hydrogens (tertiary/aromatic N) is 1. The molecule has 1 aromatic carbocycles. The van der Waals surface area contributed by atoms with Crippen molar-refractivity contribution in [2.75, 3.05) is 37.7 Å². The lowest BCUT2D eigenvalue weighted by molar-refractivity contribution is -0.128. The van der Waals surface area contributed by atoms with E-state index in [2.05, 4.69) is 27.7 Å². The molecule has 2 N–H and O–H groups in total. The van der Waals surface area contributed by atoms with E-state index >= 15 is 0 Å². The van der Waals surface area contributed by atoms with E-state index in [1.165, 1.54) is 11.8 Å². The third kappa shape index (κ3) is 4.35. The van der Waals surface area contributed by atoms with E-state index in [1.54, 1.807) is 6.08 Å². The van der Waals surface area contributed by atoms with E-state index < -0.39 is 6.04 Å². The van der Waals surface area contributed by atoms with Crippen molar-refractivity contribution in [1.29, 1.82) is 0 Å². The van der Waals surface area contributed by atoms with E-state index in [9.17, 15) is 9.59 Å². The molecular formula is C18H23N3O3. The summed E-state index contributed by atoms with van der Waals surface area (Å²) < 4.78 is 5.35. The van der Waals surface area contributed by atoms with Crippen molar-refractivity contribution in [2.45, 2.75) is 18.9 Å². The van der Waals surface area contributed by atoms with Crippen molar-refractivity contribution in [1.82, 2.24) is 10.6 Å². The summed E-state index contributed by atoms with van der Waals surface area (Å²) in [5.41, 5.74) is 2.12. The van der Waals surface area contributed by atoms with Crippen molar-refractivity contribution in [3.8, 4) is 0 Å². The second kappa shape index (κ2) is 7.97. The number of hydrogen-bond acceptors (Lipinski definition) is 4. The van der Waals surface area contributed by atoms with Gasteiger partial charge in [0.05, 0.1) is 13.2 Å². The molecule has 2 aliphatic rings. The normalized spacial score (nSPS) is 21.6. The SMILES string of the molecule is O=C(/C=C/c1ccc(N2CCOCC2)cc1)NC1CCCNC1=O. The van der Waals surface area contributed by atoms with Crippen LogP contribution >= 0.6 is 0 Å². The zero-order valence-corrected chi connectivity index (χ0v) is 13.7. The van der Waals surface area contributed by atoms with Crippen LogP contribution in [-0.4, -0.2) is 50.7 Å². The summed E-state index contributed by atoms with van der Waals surface area (Å²) in [5, 5.41) is 5.50. The molecule has 2 saturated heterocycles. The van der Waals surface area contributed by atoms with Gasteiger partial charge < -0.3 is 20.3 Å². The number of amides is 2. The number of carbonyl (C=O) groups is 2. The fourth-order valence-electron chi connectivity index (χ4n) is 2.92. The van der Waals surface area contributed by atoms with Crippen LogP contribution in [0.3, 0.4) is 0 Å². The number of hydrogen-bond donors (Lipinski definition) is 2. The Morgan fingerprint density at radius 3 is 2.71 bits per heavy atom. The third-order valence-electron chi connectivity index (χ3n) is 4.30. The summed E-state index contributed by atoms with van der Waals surface area (Å²) in [7, 11) is 0. The van der Waals surface area contributed by atoms with Gasteiger partial charge >= 0.3 is 0 Å². The molecule has 0 aromatic heterocycles. The minimum Gasteiger partial charge on any atom is -0.378 e. The van der Waals surface area contributed by atoms with Crippen LogP contribution in [-0.2, 0) is 14.3 Å². The van der Waals surface area contributed by atoms with Gasteiger partial charge in [-0.25, -0.2) is 0 Å². The van der Waals surface area contributed by atoms with Crippen molar-refractivity contribution in [3.63, 3.8) is 0 Å². The molecular weight excluding hydrogens is 306 g/mol. The maximum atomic E-state index is 11.9. The number of piperidine rings is 1. The molecule has 2 aliphatic heterocycles. The summed E-state index contributed by atoms with van der Waals surface area (Å²) in [6, 6.07) is 7.67. The fraction of sp³-hybridized carbons (Fsp3) is 0.444. The van der Waals surface area contributed by atoms with E-state index in [-0.39, 0.29) is 11.8 Å². The minimum absolute atomic E-state index is 0.0992. The summed E-state index contributed by atoms with van der Waals surface area (Å²) in [6.45, 7) is 4.02. The lowest BCUT2D eigenvalue weighted by Crippen LogP contribution is -2.49. The van der Waals surface area contributed by atoms with Crippen LogP contribution in [0.2, 0.25) is 0 Å². The second-order valence-corrected chi connectivity index (χ2v) is 6.02. The highest BCUT2D eigenvalue weighted by Gasteiger charge is 2.22. The Hall–Kier alpha value is -2.34. The van der Waals surface area contributed by atoms with Gasteiger partial charge in [-0.05, 0) is 36.6 Å². The molecule has 0 aliphatic carbocycles. The molecule has 2 heterocycles. The van der Waals surface area contributed by atoms with Crippen LogP contribution in [0.1, 0.15) is 18.4 Å². The zero-order valence-electron chi connectivity index (χ0n) is 13.7. The molecule has 24 heavy (non-hydrogen) atoms. The van der Waals surface area contributed by atoms with Gasteiger partial charge in [-0.3, -0.25) is 9.59 Å². The van der Waals surface area contributed by atoms with Gasteiger partial charge in [-0.1, -0.05) is 12.1 Å². The maximum absolute atomic E-state index is 11.9. The number of nitrogens with one attached hydrogen (secondary N) is 2. The lowest BCUT2D eigenvalue weighted by Gasteiger charge is -2.28. The Balaban J connectivity index is 1.53. The molecule has 0 bridgehead atoms. The van der Waals surface area contributed by atoms with Gasteiger partial charge in [0.15, 0.2) is 0 Å². The smallest absolute Gasteiger partial charge is 0.244 e. The van der Waals surface area contributed by atoms with Crippen LogP contribution in [0.5, 0.6) is 0 Å². The number of rotatable bonds is 4. The first-order valence-corrected chi connectivity index (χ1v) is 8.41. The van der Waals surface area contributed by atoms with Crippen LogP contribution in [0.4, 0.5) is 5.69 Å². The molecule has 0 saturated carbocycles. The fourth-order valence-corrected chi connectivity index (χ4v) is 2.92. The molecule has 128 valence electrons. The zero-order chi connectivity index (χ0) is 16.8. The van der Waals surface area contributed by atoms with Crippen LogP contribution in [0.25, 0.3) is 6.08 Å². The first-order chi connectivity index (χ1) is 11.7. The number of ether oxygens (including phenoxy) is 1. The van der Waals surface area contributed by atoms with Gasteiger partial charge in [-0.2, -0.15) is 0 Å². The predicted molar refractivity (Wildman–Crippen MR) is 92.7 cm³/mol. The highest BCUT2D eigenvalue weighted by atomic mass is 16.5. The summed E-state index contributed by atoms with van der Waals surface area (Å²) in [4.78, 5) is 25.9. The van der Waals surface area contributed by atoms with Crippen molar-refractivity contribution in [2.24, 2.45) is 0 Å². The highest BCUT2D eigenvalue weighted by molar-refractivity contribution is 5.95. The van der Waals surface area contributed by atoms with Gasteiger partial charge in [0, 0.05) is 31.4 Å². The average Bonchev–Trinajstić information content (AvgIpc) is 2.63. The van der Waals surface area contributed by atoms with E-state index in [1.807, 2.05) is 12.1 Å². The topological polar surface area (TPSA) is 70.7 Å². The Morgan fingerprint density at radius 2 is 2.00 bits per heavy atom. The summed E-state index contributed by atoms with van der Waals surface area (Å²) in [6.07, 6.45) is 4.83. The van der Waals surface area contributed by atoms with Crippen molar-refractivity contribution >= 4 is 23.6 Å². The molecule has 2 amide bonds. The molecule has 3 rings (SSSR count). The predicted octanol–water partition coefficient (Wildman–Crippen LogP) is 0.931. The lowest BCUT2D eigenvalue weighted by atomic mass is 10.1. The molecule has 1 atom stereocenters. The van der Waals surface area contributed by atoms with Crippen LogP contribution < -0.4 is 15.5 Å². The Morgan fingerprint density at radius 1 is 1.25 bits per heavy atom. The molecule has 6 heteroatoms. The van der Waals surface area contributed by atoms with Gasteiger partial charge in [0.2, 0.25) is 11.8 Å². The molecule has 1 unspecified atom stereocenters. The van der Waals surface area contributed by atoms with Crippen molar-refractivity contribution in [3.05, 3.63) is 35.9 Å². The first-order valence-electron chi connectivity index (χ1n) is 8.41. The standard InChI is InChI=1S/C18H23N3O3/c22-17(20-16-2-1-9-19-18(16)23)8-5-14-3-6-15(7-4-14)21-10-12-24-13-11-21/h3-8,16H,1-2,9-13H2,(H,19,23)(H,20,22)/b8-5+. The minimum atomic E-state index is -0.417. The molecule has 0 radical (unpaired) electrons. The molecule has 2 fully saturated rings. The largest absolute Gasteiger partial charge is 0.378 e. The Labute approximate surface area is 141 Å². The Bertz CT molecular complexity index is 606. The summed E-state index contributed by atoms with van der Waals surface area (Å²) in [5.74, 6) is -0.341. The van der Waals surface area contributed by atoms with E-state index in [4.69, 9.17) is 4.74 Å². The molecule has 1 aromatic rings. The summed E-state index contributed by atoms with van der Waals surface area (Å²) >= 11 is 0. The van der Waals surface area contributed by atoms with Crippen LogP contribution in [0.15, 0.2) is 30.3 Å². The van der Waals surface area contributed by atoms with Crippen molar-refractivity contribution < 1.29 is 14.3 Å². The highest BCUT2D eigenvalue weighted by Crippen LogP contribution is 2.17. The van der Waals surface area contributed by atoms with Crippen LogP contribution in [0, 0.1) is 0 Å². The average molecular weight is 329 g/mol. The Kier molecular flexibility index (Phi) is 5.48. The first kappa shape index (κ1) is 16.5. The monoisotopic (exact) mass is 329 g/mol. The number of benzene rings is 1. The van der Waals surface area contributed by atoms with Gasteiger partial charge in [-0.15, -0.1) is 0 Å². The van der Waals surface area contributed by atoms with Gasteiger partial charge in [0.25, 0.3) is 0 Å². The third-order valence-corrected chi connectivity index (χ3v) is 4.30. The molecule has 6 nitrogen and oxygen atoms in total. The van der Waals surface area contributed by atoms with Gasteiger partial charge in [0.1, 0.15) is 6.04 Å².